The summed E-state index contributed by atoms with van der Waals surface area (Å²) in [5.74, 6) is 0.417. The Morgan fingerprint density at radius 2 is 2.00 bits per heavy atom. The lowest BCUT2D eigenvalue weighted by molar-refractivity contribution is 0.238. The van der Waals surface area contributed by atoms with Crippen molar-refractivity contribution in [3.05, 3.63) is 29.6 Å². The summed E-state index contributed by atoms with van der Waals surface area (Å²) in [5.41, 5.74) is 7.10. The predicted molar refractivity (Wildman–Crippen MR) is 71.2 cm³/mol. The second-order valence-corrected chi connectivity index (χ2v) is 4.73. The van der Waals surface area contributed by atoms with Crippen LogP contribution in [0, 0.1) is 11.7 Å². The van der Waals surface area contributed by atoms with Crippen molar-refractivity contribution in [2.24, 2.45) is 5.92 Å². The molecule has 0 saturated carbocycles. The summed E-state index contributed by atoms with van der Waals surface area (Å²) in [6.07, 6.45) is 1.17. The average Bonchev–Trinajstić information content (AvgIpc) is 2.26. The van der Waals surface area contributed by atoms with E-state index in [4.69, 9.17) is 5.73 Å². The van der Waals surface area contributed by atoms with Crippen LogP contribution in [0.5, 0.6) is 0 Å². The first kappa shape index (κ1) is 14.0. The monoisotopic (exact) mass is 238 g/mol. The Morgan fingerprint density at radius 1 is 1.29 bits per heavy atom. The van der Waals surface area contributed by atoms with Crippen molar-refractivity contribution in [1.82, 2.24) is 4.90 Å². The molecule has 17 heavy (non-hydrogen) atoms. The van der Waals surface area contributed by atoms with Crippen LogP contribution in [0.3, 0.4) is 0 Å². The van der Waals surface area contributed by atoms with E-state index >= 15 is 0 Å². The minimum absolute atomic E-state index is 0.250. The Labute approximate surface area is 104 Å². The summed E-state index contributed by atoms with van der Waals surface area (Å²) in [6, 6.07) is 4.77. The van der Waals surface area contributed by atoms with Crippen LogP contribution in [0.15, 0.2) is 18.2 Å². The summed E-state index contributed by atoms with van der Waals surface area (Å²) in [6.45, 7) is 9.35. The number of hydrogen-bond acceptors (Lipinski definition) is 2. The van der Waals surface area contributed by atoms with Crippen LogP contribution in [-0.4, -0.2) is 18.0 Å². The van der Waals surface area contributed by atoms with Crippen LogP contribution < -0.4 is 5.73 Å². The molecule has 0 aliphatic rings. The summed E-state index contributed by atoms with van der Waals surface area (Å²) in [4.78, 5) is 2.32. The molecule has 0 amide bonds. The topological polar surface area (TPSA) is 29.3 Å². The van der Waals surface area contributed by atoms with Crippen LogP contribution in [0.2, 0.25) is 0 Å². The lowest BCUT2D eigenvalue weighted by atomic mass is 10.1. The second kappa shape index (κ2) is 6.60. The molecule has 1 atom stereocenters. The van der Waals surface area contributed by atoms with Gasteiger partial charge >= 0.3 is 0 Å². The van der Waals surface area contributed by atoms with E-state index in [0.29, 0.717) is 11.6 Å². The quantitative estimate of drug-likeness (QED) is 0.771. The molecule has 2 N–H and O–H groups in total. The molecule has 0 aromatic heterocycles. The molecule has 1 aromatic carbocycles. The van der Waals surface area contributed by atoms with Crippen LogP contribution in [0.1, 0.15) is 32.8 Å². The highest BCUT2D eigenvalue weighted by Crippen LogP contribution is 2.14. The van der Waals surface area contributed by atoms with Gasteiger partial charge in [0.25, 0.3) is 0 Å². The second-order valence-electron chi connectivity index (χ2n) is 4.73. The van der Waals surface area contributed by atoms with E-state index in [0.717, 1.165) is 25.2 Å². The molecular weight excluding hydrogens is 215 g/mol. The first-order valence-electron chi connectivity index (χ1n) is 6.32. The van der Waals surface area contributed by atoms with Gasteiger partial charge in [-0.1, -0.05) is 27.2 Å². The van der Waals surface area contributed by atoms with Crippen molar-refractivity contribution in [3.63, 3.8) is 0 Å². The summed E-state index contributed by atoms with van der Waals surface area (Å²) in [5, 5.41) is 0. The van der Waals surface area contributed by atoms with Gasteiger partial charge in [0, 0.05) is 18.8 Å². The summed E-state index contributed by atoms with van der Waals surface area (Å²) >= 11 is 0. The lowest BCUT2D eigenvalue weighted by Gasteiger charge is -2.23. The van der Waals surface area contributed by atoms with Gasteiger partial charge in [0.1, 0.15) is 5.82 Å². The van der Waals surface area contributed by atoms with Crippen LogP contribution in [0.25, 0.3) is 0 Å². The maximum absolute atomic E-state index is 13.2. The van der Waals surface area contributed by atoms with E-state index in [1.807, 2.05) is 6.07 Å². The highest BCUT2D eigenvalue weighted by molar-refractivity contribution is 5.41. The molecule has 96 valence electrons. The SMILES string of the molecule is CCC(C)CN(CC)Cc1cc(N)cc(F)c1. The Kier molecular flexibility index (Phi) is 5.42. The molecule has 2 nitrogen and oxygen atoms in total. The van der Waals surface area contributed by atoms with Crippen LogP contribution in [-0.2, 0) is 6.54 Å². The Balaban J connectivity index is 2.66. The zero-order valence-electron chi connectivity index (χ0n) is 11.0. The number of hydrogen-bond donors (Lipinski definition) is 1. The van der Waals surface area contributed by atoms with E-state index in [9.17, 15) is 4.39 Å². The van der Waals surface area contributed by atoms with Gasteiger partial charge in [-0.2, -0.15) is 0 Å². The molecule has 0 radical (unpaired) electrons. The van der Waals surface area contributed by atoms with Crippen molar-refractivity contribution < 1.29 is 4.39 Å². The number of halogens is 1. The Hall–Kier alpha value is -1.09. The molecule has 1 rings (SSSR count). The first-order chi connectivity index (χ1) is 8.05. The molecule has 0 spiro atoms. The number of nitrogen functional groups attached to an aromatic ring is 1. The molecule has 3 heteroatoms. The summed E-state index contributed by atoms with van der Waals surface area (Å²) in [7, 11) is 0. The number of benzene rings is 1. The standard InChI is InChI=1S/C14H23FN2/c1-4-11(3)9-17(5-2)10-12-6-13(15)8-14(16)7-12/h6-8,11H,4-5,9-10,16H2,1-3H3. The number of nitrogens with two attached hydrogens (primary N) is 1. The molecular formula is C14H23FN2. The zero-order valence-corrected chi connectivity index (χ0v) is 11.0. The van der Waals surface area contributed by atoms with Gasteiger partial charge < -0.3 is 5.73 Å². The molecule has 1 aromatic rings. The van der Waals surface area contributed by atoms with E-state index in [1.54, 1.807) is 6.07 Å². The van der Waals surface area contributed by atoms with Crippen molar-refractivity contribution >= 4 is 5.69 Å². The fourth-order valence-electron chi connectivity index (χ4n) is 1.90. The third-order valence-corrected chi connectivity index (χ3v) is 3.10. The van der Waals surface area contributed by atoms with Gasteiger partial charge in [-0.25, -0.2) is 4.39 Å². The third-order valence-electron chi connectivity index (χ3n) is 3.10. The minimum atomic E-state index is -0.250. The number of rotatable bonds is 6. The number of nitrogens with zero attached hydrogens (tertiary/aromatic N) is 1. The Bertz CT molecular complexity index is 332. The van der Waals surface area contributed by atoms with E-state index in [2.05, 4.69) is 25.7 Å². The van der Waals surface area contributed by atoms with Crippen molar-refractivity contribution in [2.75, 3.05) is 18.8 Å². The molecule has 0 heterocycles. The van der Waals surface area contributed by atoms with Gasteiger partial charge in [0.15, 0.2) is 0 Å². The van der Waals surface area contributed by atoms with E-state index in [-0.39, 0.29) is 5.82 Å². The van der Waals surface area contributed by atoms with Gasteiger partial charge in [-0.05, 0) is 36.2 Å². The predicted octanol–water partition coefficient (Wildman–Crippen LogP) is 3.28. The van der Waals surface area contributed by atoms with E-state index < -0.39 is 0 Å². The average molecular weight is 238 g/mol. The van der Waals surface area contributed by atoms with Crippen molar-refractivity contribution in [1.29, 1.82) is 0 Å². The van der Waals surface area contributed by atoms with Gasteiger partial charge in [0.2, 0.25) is 0 Å². The highest BCUT2D eigenvalue weighted by Gasteiger charge is 2.09. The van der Waals surface area contributed by atoms with Gasteiger partial charge in [-0.3, -0.25) is 4.90 Å². The molecule has 1 unspecified atom stereocenters. The molecule has 0 fully saturated rings. The Morgan fingerprint density at radius 3 is 2.53 bits per heavy atom. The van der Waals surface area contributed by atoms with Crippen LogP contribution in [0.4, 0.5) is 10.1 Å². The first-order valence-corrected chi connectivity index (χ1v) is 6.32. The zero-order chi connectivity index (χ0) is 12.8. The number of anilines is 1. The lowest BCUT2D eigenvalue weighted by Crippen LogP contribution is -2.27. The maximum atomic E-state index is 13.2. The largest absolute Gasteiger partial charge is 0.399 e. The van der Waals surface area contributed by atoms with Gasteiger partial charge in [0.05, 0.1) is 0 Å². The van der Waals surface area contributed by atoms with Crippen molar-refractivity contribution in [3.8, 4) is 0 Å². The smallest absolute Gasteiger partial charge is 0.125 e. The molecule has 0 aliphatic carbocycles. The minimum Gasteiger partial charge on any atom is -0.399 e. The highest BCUT2D eigenvalue weighted by atomic mass is 19.1. The molecule has 0 saturated heterocycles. The maximum Gasteiger partial charge on any atom is 0.125 e. The van der Waals surface area contributed by atoms with Crippen LogP contribution >= 0.6 is 0 Å². The fourth-order valence-corrected chi connectivity index (χ4v) is 1.90. The van der Waals surface area contributed by atoms with E-state index in [1.165, 1.54) is 12.5 Å². The summed E-state index contributed by atoms with van der Waals surface area (Å²) < 4.78 is 13.2. The molecule has 0 aliphatic heterocycles. The third kappa shape index (κ3) is 4.73. The van der Waals surface area contributed by atoms with Crippen molar-refractivity contribution in [2.45, 2.75) is 33.7 Å². The normalized spacial score (nSPS) is 13.0. The van der Waals surface area contributed by atoms with Gasteiger partial charge in [-0.15, -0.1) is 0 Å². The molecule has 0 bridgehead atoms. The fraction of sp³-hybridized carbons (Fsp3) is 0.571.